The summed E-state index contributed by atoms with van der Waals surface area (Å²) >= 11 is 0. The van der Waals surface area contributed by atoms with Crippen LogP contribution in [0.5, 0.6) is 0 Å². The van der Waals surface area contributed by atoms with Gasteiger partial charge in [-0.15, -0.1) is 0 Å². The molecule has 1 amide bonds. The summed E-state index contributed by atoms with van der Waals surface area (Å²) in [5.41, 5.74) is 2.39. The van der Waals surface area contributed by atoms with E-state index < -0.39 is 6.09 Å². The molecule has 0 bridgehead atoms. The number of amides is 1. The summed E-state index contributed by atoms with van der Waals surface area (Å²) in [4.78, 5) is 16.0. The lowest BCUT2D eigenvalue weighted by Crippen LogP contribution is -2.53. The van der Waals surface area contributed by atoms with Crippen LogP contribution in [0.15, 0.2) is 11.6 Å². The van der Waals surface area contributed by atoms with Crippen molar-refractivity contribution in [3.05, 3.63) is 11.6 Å². The zero-order chi connectivity index (χ0) is 27.8. The largest absolute Gasteiger partial charge is 0.465 e. The van der Waals surface area contributed by atoms with Crippen molar-refractivity contribution in [3.63, 3.8) is 0 Å². The lowest BCUT2D eigenvalue weighted by Gasteiger charge is -2.59. The summed E-state index contributed by atoms with van der Waals surface area (Å²) in [5.74, 6) is 5.94. The van der Waals surface area contributed by atoms with Crippen molar-refractivity contribution in [2.45, 2.75) is 118 Å². The second-order valence-electron chi connectivity index (χ2n) is 15.1. The molecule has 0 aromatic carbocycles. The van der Waals surface area contributed by atoms with Crippen LogP contribution in [-0.4, -0.2) is 54.2 Å². The van der Waals surface area contributed by atoms with E-state index in [4.69, 9.17) is 0 Å². The van der Waals surface area contributed by atoms with Gasteiger partial charge in [0.15, 0.2) is 0 Å². The summed E-state index contributed by atoms with van der Waals surface area (Å²) in [5, 5.41) is 9.98. The molecular weight excluding hydrogens is 468 g/mol. The van der Waals surface area contributed by atoms with E-state index in [0.717, 1.165) is 67.2 Å². The monoisotopic (exact) mass is 528 g/mol. The fraction of sp³-hybridized carbons (Fsp3) is 0.912. The van der Waals surface area contributed by atoms with E-state index in [1.165, 1.54) is 51.4 Å². The van der Waals surface area contributed by atoms with Crippen molar-refractivity contribution in [1.82, 2.24) is 9.80 Å². The number of likely N-dealkylation sites (N-methyl/N-ethyl adjacent to an activating group) is 1. The maximum Gasteiger partial charge on any atom is 0.407 e. The maximum atomic E-state index is 12.1. The Morgan fingerprint density at radius 2 is 1.76 bits per heavy atom. The Labute approximate surface area is 235 Å². The third kappa shape index (κ3) is 5.59. The van der Waals surface area contributed by atoms with Gasteiger partial charge in [0.05, 0.1) is 0 Å². The topological polar surface area (TPSA) is 43.8 Å². The molecule has 0 saturated heterocycles. The van der Waals surface area contributed by atoms with Gasteiger partial charge >= 0.3 is 6.09 Å². The lowest BCUT2D eigenvalue weighted by atomic mass is 9.46. The second kappa shape index (κ2) is 11.8. The molecule has 0 aromatic rings. The number of allylic oxidation sites excluding steroid dienone is 1. The molecular formula is C34H60N2O2. The predicted octanol–water partition coefficient (Wildman–Crippen LogP) is 8.57. The van der Waals surface area contributed by atoms with Crippen molar-refractivity contribution >= 4 is 6.09 Å². The van der Waals surface area contributed by atoms with E-state index in [-0.39, 0.29) is 11.5 Å². The Balaban J connectivity index is 1.45. The normalized spacial score (nSPS) is 38.3. The molecule has 4 rings (SSSR count). The molecule has 218 valence electrons. The van der Waals surface area contributed by atoms with Crippen molar-refractivity contribution in [2.75, 3.05) is 27.2 Å². The smallest absolute Gasteiger partial charge is 0.407 e. The van der Waals surface area contributed by atoms with Crippen LogP contribution in [0.25, 0.3) is 0 Å². The zero-order valence-electron chi connectivity index (χ0n) is 26.1. The zero-order valence-corrected chi connectivity index (χ0v) is 26.1. The van der Waals surface area contributed by atoms with Crippen LogP contribution in [0, 0.1) is 52.3 Å². The minimum absolute atomic E-state index is 0.145. The quantitative estimate of drug-likeness (QED) is 0.289. The Kier molecular flexibility index (Phi) is 9.32. The molecule has 3 fully saturated rings. The van der Waals surface area contributed by atoms with E-state index in [1.807, 2.05) is 14.1 Å². The van der Waals surface area contributed by atoms with Gasteiger partial charge in [-0.3, -0.25) is 0 Å². The van der Waals surface area contributed by atoms with Crippen molar-refractivity contribution < 1.29 is 9.90 Å². The highest BCUT2D eigenvalue weighted by atomic mass is 16.4. The van der Waals surface area contributed by atoms with Gasteiger partial charge in [0, 0.05) is 19.1 Å². The molecule has 0 spiro atoms. The maximum absolute atomic E-state index is 12.1. The third-order valence-corrected chi connectivity index (χ3v) is 12.8. The first-order valence-electron chi connectivity index (χ1n) is 16.3. The van der Waals surface area contributed by atoms with E-state index in [0.29, 0.717) is 12.0 Å². The van der Waals surface area contributed by atoms with Crippen LogP contribution in [0.3, 0.4) is 0 Å². The highest BCUT2D eigenvalue weighted by molar-refractivity contribution is 5.65. The van der Waals surface area contributed by atoms with Crippen molar-refractivity contribution in [2.24, 2.45) is 52.3 Å². The van der Waals surface area contributed by atoms with Gasteiger partial charge in [-0.1, -0.05) is 66.0 Å². The van der Waals surface area contributed by atoms with E-state index in [2.05, 4.69) is 52.5 Å². The number of carboxylic acid groups (broad SMARTS) is 1. The Morgan fingerprint density at radius 1 is 1.03 bits per heavy atom. The van der Waals surface area contributed by atoms with E-state index >= 15 is 0 Å². The average molecular weight is 529 g/mol. The molecule has 0 heterocycles. The van der Waals surface area contributed by atoms with Gasteiger partial charge in [0.25, 0.3) is 0 Å². The van der Waals surface area contributed by atoms with E-state index in [1.54, 1.807) is 10.5 Å². The fourth-order valence-corrected chi connectivity index (χ4v) is 10.3. The van der Waals surface area contributed by atoms with Crippen LogP contribution in [0.2, 0.25) is 0 Å². The summed E-state index contributed by atoms with van der Waals surface area (Å²) in [7, 11) is 4.06. The number of hydrogen-bond acceptors (Lipinski definition) is 2. The molecule has 38 heavy (non-hydrogen) atoms. The molecule has 4 aliphatic rings. The summed E-state index contributed by atoms with van der Waals surface area (Å²) in [6.45, 7) is 16.4. The highest BCUT2D eigenvalue weighted by Gasteiger charge is 2.59. The second-order valence-corrected chi connectivity index (χ2v) is 15.1. The van der Waals surface area contributed by atoms with Gasteiger partial charge < -0.3 is 14.9 Å². The highest BCUT2D eigenvalue weighted by Crippen LogP contribution is 2.67. The SMILES string of the molecule is CC[C@H](CC[C@@H](C)[C@H]1CC[C@H]2[C@@H]3CC=C4C[C@@H](N(CCN(C)C)C(=O)O)CC[C@]4(C)[C@H]3CC[C@]12C)C(C)C. The third-order valence-electron chi connectivity index (χ3n) is 12.8. The minimum atomic E-state index is -0.743. The number of rotatable bonds is 10. The van der Waals surface area contributed by atoms with Crippen LogP contribution in [0.1, 0.15) is 112 Å². The summed E-state index contributed by atoms with van der Waals surface area (Å²) < 4.78 is 0. The molecule has 0 radical (unpaired) electrons. The molecule has 4 heteroatoms. The van der Waals surface area contributed by atoms with Gasteiger partial charge in [0.2, 0.25) is 0 Å². The average Bonchev–Trinajstić information content (AvgIpc) is 3.21. The van der Waals surface area contributed by atoms with Gasteiger partial charge in [-0.05, 0) is 124 Å². The molecule has 0 aromatic heterocycles. The number of carbonyl (C=O) groups is 1. The Bertz CT molecular complexity index is 851. The molecule has 4 nitrogen and oxygen atoms in total. The molecule has 9 atom stereocenters. The summed E-state index contributed by atoms with van der Waals surface area (Å²) in [6.07, 6.45) is 16.1. The fourth-order valence-electron chi connectivity index (χ4n) is 10.3. The standard InChI is InChI=1S/C34H60N2O2/c1-9-25(23(2)3)11-10-24(4)29-14-15-30-28-13-12-26-22-27(36(32(37)38)21-20-35(7)8)16-18-33(26,5)31(28)17-19-34(29,30)6/h12,23-25,27-31H,9-11,13-22H2,1-8H3,(H,37,38)/t24-,25-,27+,28+,29-,30+,31+,33+,34-/m1/s1. The first-order chi connectivity index (χ1) is 17.9. The predicted molar refractivity (Wildman–Crippen MR) is 159 cm³/mol. The molecule has 1 N–H and O–H groups in total. The molecule has 0 aliphatic heterocycles. The molecule has 0 unspecified atom stereocenters. The first-order valence-corrected chi connectivity index (χ1v) is 16.3. The van der Waals surface area contributed by atoms with Gasteiger partial charge in [0.1, 0.15) is 0 Å². The van der Waals surface area contributed by atoms with Crippen LogP contribution in [-0.2, 0) is 0 Å². The first kappa shape index (κ1) is 29.9. The van der Waals surface area contributed by atoms with Crippen molar-refractivity contribution in [3.8, 4) is 0 Å². The molecule has 3 saturated carbocycles. The van der Waals surface area contributed by atoms with E-state index in [9.17, 15) is 9.90 Å². The number of hydrogen-bond donors (Lipinski definition) is 1. The Hall–Kier alpha value is -1.03. The Morgan fingerprint density at radius 3 is 2.39 bits per heavy atom. The number of fused-ring (bicyclic) bond motifs is 5. The van der Waals surface area contributed by atoms with Crippen LogP contribution in [0.4, 0.5) is 4.79 Å². The van der Waals surface area contributed by atoms with Gasteiger partial charge in [-0.2, -0.15) is 0 Å². The number of nitrogens with zero attached hydrogens (tertiary/aromatic N) is 2. The summed E-state index contributed by atoms with van der Waals surface area (Å²) in [6, 6.07) is 0.145. The van der Waals surface area contributed by atoms with Crippen molar-refractivity contribution in [1.29, 1.82) is 0 Å². The van der Waals surface area contributed by atoms with Crippen LogP contribution >= 0.6 is 0 Å². The minimum Gasteiger partial charge on any atom is -0.465 e. The van der Waals surface area contributed by atoms with Crippen LogP contribution < -0.4 is 0 Å². The lowest BCUT2D eigenvalue weighted by molar-refractivity contribution is -0.0544. The van der Waals surface area contributed by atoms with Gasteiger partial charge in [-0.25, -0.2) is 4.79 Å². The molecule has 4 aliphatic carbocycles.